The third-order valence-electron chi connectivity index (χ3n) is 1.85. The maximum Gasteiger partial charge on any atom is 0.101 e. The molecule has 1 heterocycles. The van der Waals surface area contributed by atoms with Crippen molar-refractivity contribution in [2.75, 3.05) is 0 Å². The molecule has 0 aliphatic heterocycles. The first-order valence-corrected chi connectivity index (χ1v) is 4.59. The molecule has 14 heavy (non-hydrogen) atoms. The predicted molar refractivity (Wildman–Crippen MR) is 59.7 cm³/mol. The lowest BCUT2D eigenvalue weighted by atomic mass is 10.1. The summed E-state index contributed by atoms with van der Waals surface area (Å²) in [6.07, 6.45) is 13.6. The van der Waals surface area contributed by atoms with Crippen LogP contribution in [0.25, 0.3) is 5.57 Å². The lowest BCUT2D eigenvalue weighted by Gasteiger charge is -1.95. The normalized spacial score (nSPS) is 11.9. The number of terminal acetylenes is 1. The van der Waals surface area contributed by atoms with Crippen LogP contribution in [0.15, 0.2) is 35.0 Å². The summed E-state index contributed by atoms with van der Waals surface area (Å²) in [4.78, 5) is 0. The van der Waals surface area contributed by atoms with Crippen LogP contribution < -0.4 is 0 Å². The fourth-order valence-corrected chi connectivity index (χ4v) is 1.23. The molecule has 1 rings (SSSR count). The number of aryl methyl sites for hydroxylation is 1. The summed E-state index contributed by atoms with van der Waals surface area (Å²) in [5, 5.41) is 0. The first kappa shape index (κ1) is 10.4. The van der Waals surface area contributed by atoms with Gasteiger partial charge in [0.15, 0.2) is 0 Å². The van der Waals surface area contributed by atoms with Crippen molar-refractivity contribution in [2.24, 2.45) is 0 Å². The van der Waals surface area contributed by atoms with E-state index in [4.69, 9.17) is 10.8 Å². The molecule has 0 fully saturated rings. The van der Waals surface area contributed by atoms with Crippen LogP contribution in [0, 0.1) is 19.3 Å². The van der Waals surface area contributed by atoms with Crippen LogP contribution in [0.2, 0.25) is 0 Å². The Morgan fingerprint density at radius 3 is 2.93 bits per heavy atom. The fourth-order valence-electron chi connectivity index (χ4n) is 1.23. The smallest absolute Gasteiger partial charge is 0.101 e. The van der Waals surface area contributed by atoms with E-state index in [0.717, 1.165) is 16.9 Å². The molecule has 0 aromatic carbocycles. The predicted octanol–water partition coefficient (Wildman–Crippen LogP) is 3.57. The maximum absolute atomic E-state index is 5.25. The van der Waals surface area contributed by atoms with Gasteiger partial charge < -0.3 is 4.42 Å². The largest absolute Gasteiger partial charge is 0.469 e. The first-order valence-electron chi connectivity index (χ1n) is 4.59. The Morgan fingerprint density at radius 2 is 2.43 bits per heavy atom. The zero-order valence-corrected chi connectivity index (χ0v) is 8.58. The number of furan rings is 1. The van der Waals surface area contributed by atoms with Crippen LogP contribution in [0.1, 0.15) is 24.7 Å². The molecule has 0 N–H and O–H groups in total. The molecule has 1 aromatic rings. The Kier molecular flexibility index (Phi) is 3.82. The molecule has 1 aromatic heterocycles. The van der Waals surface area contributed by atoms with Crippen molar-refractivity contribution in [3.63, 3.8) is 0 Å². The average molecular weight is 186 g/mol. The Labute approximate surface area is 85.1 Å². The molecule has 0 radical (unpaired) electrons. The van der Waals surface area contributed by atoms with Crippen molar-refractivity contribution in [1.82, 2.24) is 0 Å². The highest BCUT2D eigenvalue weighted by Crippen LogP contribution is 2.19. The van der Waals surface area contributed by atoms with E-state index in [2.05, 4.69) is 5.92 Å². The van der Waals surface area contributed by atoms with Crippen LogP contribution in [0.4, 0.5) is 0 Å². The lowest BCUT2D eigenvalue weighted by molar-refractivity contribution is 0.533. The molecule has 0 aliphatic rings. The van der Waals surface area contributed by atoms with Crippen LogP contribution in [-0.4, -0.2) is 0 Å². The quantitative estimate of drug-likeness (QED) is 0.519. The summed E-state index contributed by atoms with van der Waals surface area (Å²) in [5.74, 6) is 3.51. The Morgan fingerprint density at radius 1 is 1.64 bits per heavy atom. The average Bonchev–Trinajstić information content (AvgIpc) is 2.59. The molecule has 0 atom stereocenters. The van der Waals surface area contributed by atoms with E-state index in [0.29, 0.717) is 6.42 Å². The molecule has 0 unspecified atom stereocenters. The maximum atomic E-state index is 5.25. The van der Waals surface area contributed by atoms with E-state index in [1.54, 1.807) is 6.26 Å². The highest BCUT2D eigenvalue weighted by Gasteiger charge is 2.00. The highest BCUT2D eigenvalue weighted by molar-refractivity contribution is 5.73. The summed E-state index contributed by atoms with van der Waals surface area (Å²) >= 11 is 0. The number of hydrogen-bond donors (Lipinski definition) is 0. The molecule has 0 saturated carbocycles. The van der Waals surface area contributed by atoms with Crippen LogP contribution in [0.5, 0.6) is 0 Å². The van der Waals surface area contributed by atoms with Crippen molar-refractivity contribution in [2.45, 2.75) is 20.3 Å². The molecule has 0 saturated heterocycles. The van der Waals surface area contributed by atoms with Gasteiger partial charge in [-0.15, -0.1) is 12.3 Å². The zero-order chi connectivity index (χ0) is 10.4. The Hall–Kier alpha value is -1.68. The van der Waals surface area contributed by atoms with Crippen LogP contribution >= 0.6 is 0 Å². The molecule has 0 bridgehead atoms. The van der Waals surface area contributed by atoms with E-state index in [1.807, 2.05) is 38.1 Å². The van der Waals surface area contributed by atoms with E-state index < -0.39 is 0 Å². The Balaban J connectivity index is 2.95. The van der Waals surface area contributed by atoms with Gasteiger partial charge in [0, 0.05) is 12.0 Å². The van der Waals surface area contributed by atoms with Gasteiger partial charge in [-0.2, -0.15) is 0 Å². The third kappa shape index (κ3) is 2.67. The summed E-state index contributed by atoms with van der Waals surface area (Å²) < 4.78 is 5.25. The minimum Gasteiger partial charge on any atom is -0.469 e. The van der Waals surface area contributed by atoms with Crippen LogP contribution in [0.3, 0.4) is 0 Å². The summed E-state index contributed by atoms with van der Waals surface area (Å²) in [5.41, 5.74) is 2.19. The summed E-state index contributed by atoms with van der Waals surface area (Å²) in [6, 6.07) is 2.00. The van der Waals surface area contributed by atoms with Crippen LogP contribution in [-0.2, 0) is 0 Å². The van der Waals surface area contributed by atoms with Crippen molar-refractivity contribution >= 4 is 5.57 Å². The lowest BCUT2D eigenvalue weighted by Crippen LogP contribution is -1.76. The Bertz CT molecular complexity index is 386. The van der Waals surface area contributed by atoms with Gasteiger partial charge in [0.25, 0.3) is 0 Å². The van der Waals surface area contributed by atoms with Gasteiger partial charge in [-0.25, -0.2) is 0 Å². The molecular weight excluding hydrogens is 172 g/mol. The van der Waals surface area contributed by atoms with E-state index >= 15 is 0 Å². The van der Waals surface area contributed by atoms with Gasteiger partial charge in [0.2, 0.25) is 0 Å². The summed E-state index contributed by atoms with van der Waals surface area (Å²) in [7, 11) is 0. The van der Waals surface area contributed by atoms with E-state index in [9.17, 15) is 0 Å². The number of hydrogen-bond acceptors (Lipinski definition) is 1. The molecular formula is C13H14O. The van der Waals surface area contributed by atoms with Gasteiger partial charge in [0.05, 0.1) is 6.26 Å². The van der Waals surface area contributed by atoms with Gasteiger partial charge >= 0.3 is 0 Å². The third-order valence-corrected chi connectivity index (χ3v) is 1.85. The minimum atomic E-state index is 0.643. The summed E-state index contributed by atoms with van der Waals surface area (Å²) in [6.45, 7) is 3.91. The van der Waals surface area contributed by atoms with Crippen molar-refractivity contribution in [1.29, 1.82) is 0 Å². The van der Waals surface area contributed by atoms with E-state index in [-0.39, 0.29) is 0 Å². The SMILES string of the molecule is C#CC/C=C(\C=C/C)c1coc(C)c1. The highest BCUT2D eigenvalue weighted by atomic mass is 16.3. The molecule has 0 aliphatic carbocycles. The molecule has 0 spiro atoms. The van der Waals surface area contributed by atoms with Crippen molar-refractivity contribution < 1.29 is 4.42 Å². The van der Waals surface area contributed by atoms with Crippen molar-refractivity contribution in [3.8, 4) is 12.3 Å². The monoisotopic (exact) mass is 186 g/mol. The van der Waals surface area contributed by atoms with E-state index in [1.165, 1.54) is 0 Å². The first-order chi connectivity index (χ1) is 6.77. The standard InChI is InChI=1S/C13H14O/c1-4-6-8-12(7-5-2)13-9-11(3)14-10-13/h1,5,7-10H,6H2,2-3H3/b7-5-,12-8+. The van der Waals surface area contributed by atoms with Gasteiger partial charge in [0.1, 0.15) is 5.76 Å². The topological polar surface area (TPSA) is 13.1 Å². The fraction of sp³-hybridized carbons (Fsp3) is 0.231. The number of rotatable bonds is 3. The second kappa shape index (κ2) is 5.14. The second-order valence-electron chi connectivity index (χ2n) is 3.01. The van der Waals surface area contributed by atoms with Crippen molar-refractivity contribution in [3.05, 3.63) is 41.9 Å². The zero-order valence-electron chi connectivity index (χ0n) is 8.58. The second-order valence-corrected chi connectivity index (χ2v) is 3.01. The van der Waals surface area contributed by atoms with Gasteiger partial charge in [-0.3, -0.25) is 0 Å². The van der Waals surface area contributed by atoms with Gasteiger partial charge in [-0.1, -0.05) is 18.2 Å². The molecule has 1 nitrogen and oxygen atoms in total. The molecule has 0 amide bonds. The number of allylic oxidation sites excluding steroid dienone is 4. The molecule has 72 valence electrons. The van der Waals surface area contributed by atoms with Gasteiger partial charge in [-0.05, 0) is 25.5 Å². The minimum absolute atomic E-state index is 0.643. The molecule has 1 heteroatoms.